The van der Waals surface area contributed by atoms with E-state index in [9.17, 15) is 4.39 Å². The highest BCUT2D eigenvalue weighted by Crippen LogP contribution is 2.25. The van der Waals surface area contributed by atoms with Gasteiger partial charge >= 0.3 is 0 Å². The molecule has 4 nitrogen and oxygen atoms in total. The summed E-state index contributed by atoms with van der Waals surface area (Å²) < 4.78 is 18.5. The van der Waals surface area contributed by atoms with E-state index in [1.807, 2.05) is 0 Å². The average molecular weight is 312 g/mol. The van der Waals surface area contributed by atoms with Crippen molar-refractivity contribution in [1.29, 1.82) is 0 Å². The first-order chi connectivity index (χ1) is 8.60. The molecule has 18 heavy (non-hydrogen) atoms. The summed E-state index contributed by atoms with van der Waals surface area (Å²) in [6, 6.07) is 8.01. The summed E-state index contributed by atoms with van der Waals surface area (Å²) in [5.41, 5.74) is 6.84. The van der Waals surface area contributed by atoms with E-state index in [2.05, 4.69) is 26.2 Å². The Morgan fingerprint density at radius 2 is 2.11 bits per heavy atom. The molecule has 0 aliphatic rings. The smallest absolute Gasteiger partial charge is 0.238 e. The van der Waals surface area contributed by atoms with Gasteiger partial charge in [0.25, 0.3) is 0 Å². The molecule has 1 aromatic carbocycles. The Hall–Kier alpha value is -1.82. The zero-order valence-corrected chi connectivity index (χ0v) is 11.2. The number of nitrogens with one attached hydrogen (secondary N) is 1. The van der Waals surface area contributed by atoms with Crippen LogP contribution >= 0.6 is 15.9 Å². The molecule has 0 unspecified atom stereocenters. The van der Waals surface area contributed by atoms with Gasteiger partial charge in [-0.05, 0) is 46.3 Å². The zero-order chi connectivity index (χ0) is 13.1. The van der Waals surface area contributed by atoms with Gasteiger partial charge in [0.2, 0.25) is 5.88 Å². The third-order valence-corrected chi connectivity index (χ3v) is 2.88. The number of hydrogen-bond acceptors (Lipinski definition) is 4. The molecule has 0 aliphatic heterocycles. The van der Waals surface area contributed by atoms with E-state index in [-0.39, 0.29) is 5.82 Å². The van der Waals surface area contributed by atoms with Gasteiger partial charge in [-0.2, -0.15) is 4.98 Å². The number of nitrogens with two attached hydrogens (primary N) is 1. The van der Waals surface area contributed by atoms with Crippen LogP contribution < -0.4 is 15.8 Å². The minimum absolute atomic E-state index is 0.316. The predicted molar refractivity (Wildman–Crippen MR) is 72.6 cm³/mol. The van der Waals surface area contributed by atoms with Crippen LogP contribution in [0.25, 0.3) is 0 Å². The molecule has 0 fully saturated rings. The number of ether oxygens (including phenoxy) is 1. The second-order valence-corrected chi connectivity index (χ2v) is 4.40. The van der Waals surface area contributed by atoms with Crippen molar-refractivity contribution in [1.82, 2.24) is 4.98 Å². The van der Waals surface area contributed by atoms with Crippen molar-refractivity contribution in [2.75, 3.05) is 18.2 Å². The third kappa shape index (κ3) is 2.70. The van der Waals surface area contributed by atoms with Crippen LogP contribution in [-0.4, -0.2) is 12.1 Å². The molecule has 0 aliphatic carbocycles. The topological polar surface area (TPSA) is 60.2 Å². The van der Waals surface area contributed by atoms with E-state index in [0.717, 1.165) is 0 Å². The molecule has 0 spiro atoms. The summed E-state index contributed by atoms with van der Waals surface area (Å²) in [5.74, 6) is 0.601. The van der Waals surface area contributed by atoms with Crippen molar-refractivity contribution >= 4 is 33.1 Å². The first-order valence-corrected chi connectivity index (χ1v) is 5.92. The quantitative estimate of drug-likeness (QED) is 0.913. The number of hydrogen-bond donors (Lipinski definition) is 2. The molecule has 2 aromatic rings. The number of pyridine rings is 1. The normalized spacial score (nSPS) is 10.2. The number of nitrogens with zero attached hydrogens (tertiary/aromatic N) is 1. The van der Waals surface area contributed by atoms with Crippen molar-refractivity contribution in [2.24, 2.45) is 0 Å². The highest BCUT2D eigenvalue weighted by molar-refractivity contribution is 9.10. The lowest BCUT2D eigenvalue weighted by Gasteiger charge is -2.09. The van der Waals surface area contributed by atoms with Gasteiger partial charge in [-0.3, -0.25) is 0 Å². The molecular formula is C12H11BrFN3O. The Balaban J connectivity index is 2.25. The van der Waals surface area contributed by atoms with Crippen LogP contribution in [0, 0.1) is 5.82 Å². The second-order valence-electron chi connectivity index (χ2n) is 3.55. The molecule has 1 aromatic heterocycles. The molecule has 0 saturated heterocycles. The van der Waals surface area contributed by atoms with E-state index in [0.29, 0.717) is 27.5 Å². The molecule has 0 atom stereocenters. The standard InChI is InChI=1S/C12H11BrFN3O/c1-18-12-10(15)4-5-11(17-12)16-7-2-3-9(14)8(13)6-7/h2-6H,15H2,1H3,(H,16,17). The van der Waals surface area contributed by atoms with Crippen LogP contribution in [0.2, 0.25) is 0 Å². The predicted octanol–water partition coefficient (Wildman–Crippen LogP) is 3.32. The van der Waals surface area contributed by atoms with Gasteiger partial charge in [0.1, 0.15) is 11.6 Å². The Labute approximate surface area is 112 Å². The Morgan fingerprint density at radius 1 is 1.33 bits per heavy atom. The van der Waals surface area contributed by atoms with Crippen LogP contribution in [0.1, 0.15) is 0 Å². The van der Waals surface area contributed by atoms with Crippen molar-refractivity contribution in [2.45, 2.75) is 0 Å². The number of aromatic nitrogens is 1. The molecule has 3 N–H and O–H groups in total. The summed E-state index contributed by atoms with van der Waals surface area (Å²) in [5, 5.41) is 3.03. The molecule has 1 heterocycles. The number of rotatable bonds is 3. The van der Waals surface area contributed by atoms with Crippen LogP contribution in [0.3, 0.4) is 0 Å². The number of methoxy groups -OCH3 is 1. The van der Waals surface area contributed by atoms with Crippen LogP contribution in [0.4, 0.5) is 21.6 Å². The number of benzene rings is 1. The molecule has 0 saturated carbocycles. The summed E-state index contributed by atoms with van der Waals surface area (Å²) in [7, 11) is 1.50. The molecule has 6 heteroatoms. The third-order valence-electron chi connectivity index (χ3n) is 2.28. The maximum absolute atomic E-state index is 13.1. The first kappa shape index (κ1) is 12.6. The van der Waals surface area contributed by atoms with Gasteiger partial charge < -0.3 is 15.8 Å². The first-order valence-electron chi connectivity index (χ1n) is 5.12. The molecular weight excluding hydrogens is 301 g/mol. The Kier molecular flexibility index (Phi) is 3.66. The monoisotopic (exact) mass is 311 g/mol. The Bertz CT molecular complexity index is 577. The van der Waals surface area contributed by atoms with E-state index >= 15 is 0 Å². The minimum atomic E-state index is -0.316. The fourth-order valence-electron chi connectivity index (χ4n) is 1.41. The van der Waals surface area contributed by atoms with E-state index in [1.165, 1.54) is 13.2 Å². The number of halogens is 2. The second kappa shape index (κ2) is 5.22. The van der Waals surface area contributed by atoms with Crippen molar-refractivity contribution in [3.63, 3.8) is 0 Å². The van der Waals surface area contributed by atoms with Gasteiger partial charge in [0.05, 0.1) is 17.3 Å². The summed E-state index contributed by atoms with van der Waals surface area (Å²) in [6.45, 7) is 0. The van der Waals surface area contributed by atoms with Crippen molar-refractivity contribution in [3.05, 3.63) is 40.6 Å². The number of nitrogen functional groups attached to an aromatic ring is 1. The molecule has 94 valence electrons. The lowest BCUT2D eigenvalue weighted by Crippen LogP contribution is -1.99. The highest BCUT2D eigenvalue weighted by atomic mass is 79.9. The van der Waals surface area contributed by atoms with Crippen LogP contribution in [0.5, 0.6) is 5.88 Å². The summed E-state index contributed by atoms with van der Waals surface area (Å²) >= 11 is 3.12. The lowest BCUT2D eigenvalue weighted by molar-refractivity contribution is 0.401. The molecule has 0 bridgehead atoms. The van der Waals surface area contributed by atoms with Gasteiger partial charge in [0, 0.05) is 5.69 Å². The maximum Gasteiger partial charge on any atom is 0.238 e. The number of anilines is 3. The zero-order valence-electron chi connectivity index (χ0n) is 9.58. The average Bonchev–Trinajstić information content (AvgIpc) is 2.36. The fourth-order valence-corrected chi connectivity index (χ4v) is 1.78. The summed E-state index contributed by atoms with van der Waals surface area (Å²) in [4.78, 5) is 4.17. The van der Waals surface area contributed by atoms with Gasteiger partial charge in [-0.25, -0.2) is 4.39 Å². The van der Waals surface area contributed by atoms with Gasteiger partial charge in [0.15, 0.2) is 0 Å². The Morgan fingerprint density at radius 3 is 2.78 bits per heavy atom. The van der Waals surface area contributed by atoms with Crippen molar-refractivity contribution < 1.29 is 9.13 Å². The van der Waals surface area contributed by atoms with Crippen molar-refractivity contribution in [3.8, 4) is 5.88 Å². The van der Waals surface area contributed by atoms with Crippen LogP contribution in [0.15, 0.2) is 34.8 Å². The summed E-state index contributed by atoms with van der Waals surface area (Å²) in [6.07, 6.45) is 0. The van der Waals surface area contributed by atoms with Gasteiger partial charge in [-0.15, -0.1) is 0 Å². The highest BCUT2D eigenvalue weighted by Gasteiger charge is 2.05. The largest absolute Gasteiger partial charge is 0.479 e. The van der Waals surface area contributed by atoms with Crippen LogP contribution in [-0.2, 0) is 0 Å². The molecule has 2 rings (SSSR count). The van der Waals surface area contributed by atoms with E-state index in [4.69, 9.17) is 10.5 Å². The fraction of sp³-hybridized carbons (Fsp3) is 0.0833. The SMILES string of the molecule is COc1nc(Nc2ccc(F)c(Br)c2)ccc1N. The molecule has 0 radical (unpaired) electrons. The molecule has 0 amide bonds. The lowest BCUT2D eigenvalue weighted by atomic mass is 10.3. The maximum atomic E-state index is 13.1. The minimum Gasteiger partial charge on any atom is -0.479 e. The van der Waals surface area contributed by atoms with Gasteiger partial charge in [-0.1, -0.05) is 0 Å². The van der Waals surface area contributed by atoms with E-state index in [1.54, 1.807) is 24.3 Å². The van der Waals surface area contributed by atoms with E-state index < -0.39 is 0 Å².